The van der Waals surface area contributed by atoms with Crippen LogP contribution in [-0.2, 0) is 6.54 Å². The molecule has 3 rings (SSSR count). The minimum Gasteiger partial charge on any atom is -0.368 e. The molecule has 1 atom stereocenters. The molecule has 0 spiro atoms. The van der Waals surface area contributed by atoms with Gasteiger partial charge in [-0.1, -0.05) is 12.1 Å². The van der Waals surface area contributed by atoms with Crippen molar-refractivity contribution in [3.05, 3.63) is 65.2 Å². The number of aliphatic imine (C=N–C) groups is 1. The number of halogens is 2. The Morgan fingerprint density at radius 2 is 2.11 bits per heavy atom. The maximum atomic E-state index is 13.8. The molecule has 5 nitrogen and oxygen atoms in total. The summed E-state index contributed by atoms with van der Waals surface area (Å²) in [6.45, 7) is 1.75. The molecule has 2 N–H and O–H groups in total. The minimum atomic E-state index is -0.472. The quantitative estimate of drug-likeness (QED) is 0.629. The van der Waals surface area contributed by atoms with Crippen LogP contribution in [0.2, 0.25) is 0 Å². The molecule has 1 fully saturated rings. The first-order valence-electron chi connectivity index (χ1n) is 9.26. The van der Waals surface area contributed by atoms with E-state index in [1.165, 1.54) is 6.07 Å². The van der Waals surface area contributed by atoms with E-state index in [9.17, 15) is 14.0 Å². The number of benzene rings is 2. The van der Waals surface area contributed by atoms with Crippen molar-refractivity contribution >= 4 is 11.6 Å². The van der Waals surface area contributed by atoms with Crippen molar-refractivity contribution in [2.45, 2.75) is 25.4 Å². The molecule has 7 heteroatoms. The van der Waals surface area contributed by atoms with Crippen LogP contribution in [0.1, 0.15) is 24.0 Å². The summed E-state index contributed by atoms with van der Waals surface area (Å²) >= 11 is 0. The Morgan fingerprint density at radius 3 is 2.89 bits per heavy atom. The Kier molecular flexibility index (Phi) is 6.43. The molecule has 1 unspecified atom stereocenters. The molecule has 0 aliphatic carbocycles. The molecule has 2 aromatic carbocycles. The molecule has 1 saturated heterocycles. The number of nitrogens with one attached hydrogen (secondary N) is 2. The Hall–Kier alpha value is -3.14. The van der Waals surface area contributed by atoms with Crippen LogP contribution < -0.4 is 15.5 Å². The number of nitriles is 1. The van der Waals surface area contributed by atoms with E-state index in [0.29, 0.717) is 11.5 Å². The second-order valence-corrected chi connectivity index (χ2v) is 6.72. The molecule has 2 aromatic rings. The van der Waals surface area contributed by atoms with Crippen LogP contribution in [0, 0.1) is 23.0 Å². The van der Waals surface area contributed by atoms with E-state index in [1.807, 2.05) is 24.3 Å². The number of para-hydroxylation sites is 1. The van der Waals surface area contributed by atoms with Crippen molar-refractivity contribution in [2.24, 2.45) is 4.99 Å². The highest BCUT2D eigenvalue weighted by Crippen LogP contribution is 2.23. The lowest BCUT2D eigenvalue weighted by atomic mass is 10.0. The molecule has 0 radical (unpaired) electrons. The molecule has 0 aromatic heterocycles. The largest absolute Gasteiger partial charge is 0.368 e. The summed E-state index contributed by atoms with van der Waals surface area (Å²) in [5.41, 5.74) is 1.84. The predicted octanol–water partition coefficient (Wildman–Crippen LogP) is 3.17. The number of anilines is 1. The van der Waals surface area contributed by atoms with Gasteiger partial charge in [0.2, 0.25) is 0 Å². The molecule has 28 heavy (non-hydrogen) atoms. The number of nitrogens with zero attached hydrogens (tertiary/aromatic N) is 3. The van der Waals surface area contributed by atoms with Gasteiger partial charge in [0.15, 0.2) is 5.96 Å². The standard InChI is InChI=1S/C21H23F2N5/c1-25-21(26-13-16-11-17(22)8-9-19(16)23)27-18-6-4-10-28(14-18)20-7-3-2-5-15(20)12-24/h2-3,5,7-9,11,18H,4,6,10,13-14H2,1H3,(H2,25,26,27). The fourth-order valence-electron chi connectivity index (χ4n) is 3.40. The predicted molar refractivity (Wildman–Crippen MR) is 106 cm³/mol. The van der Waals surface area contributed by atoms with Crippen LogP contribution >= 0.6 is 0 Å². The molecule has 146 valence electrons. The Labute approximate surface area is 163 Å². The van der Waals surface area contributed by atoms with E-state index in [2.05, 4.69) is 26.6 Å². The van der Waals surface area contributed by atoms with Gasteiger partial charge in [-0.2, -0.15) is 5.26 Å². The highest BCUT2D eigenvalue weighted by Gasteiger charge is 2.22. The summed E-state index contributed by atoms with van der Waals surface area (Å²) in [5, 5.41) is 15.7. The maximum Gasteiger partial charge on any atom is 0.191 e. The van der Waals surface area contributed by atoms with Crippen LogP contribution in [0.4, 0.5) is 14.5 Å². The average Bonchev–Trinajstić information content (AvgIpc) is 2.73. The molecule has 1 aliphatic heterocycles. The van der Waals surface area contributed by atoms with E-state index >= 15 is 0 Å². The highest BCUT2D eigenvalue weighted by atomic mass is 19.1. The van der Waals surface area contributed by atoms with Crippen LogP contribution in [-0.4, -0.2) is 32.1 Å². The van der Waals surface area contributed by atoms with Gasteiger partial charge >= 0.3 is 0 Å². The molecular weight excluding hydrogens is 360 g/mol. The monoisotopic (exact) mass is 383 g/mol. The van der Waals surface area contributed by atoms with Crippen LogP contribution in [0.5, 0.6) is 0 Å². The van der Waals surface area contributed by atoms with Crippen molar-refractivity contribution in [1.29, 1.82) is 5.26 Å². The molecule has 0 amide bonds. The van der Waals surface area contributed by atoms with E-state index < -0.39 is 11.6 Å². The first kappa shape index (κ1) is 19.6. The fourth-order valence-corrected chi connectivity index (χ4v) is 3.40. The van der Waals surface area contributed by atoms with Gasteiger partial charge in [-0.3, -0.25) is 4.99 Å². The van der Waals surface area contributed by atoms with Crippen molar-refractivity contribution in [3.63, 3.8) is 0 Å². The summed E-state index contributed by atoms with van der Waals surface area (Å²) in [4.78, 5) is 6.38. The van der Waals surface area contributed by atoms with Gasteiger partial charge in [-0.25, -0.2) is 8.78 Å². The van der Waals surface area contributed by atoms with Crippen molar-refractivity contribution < 1.29 is 8.78 Å². The zero-order chi connectivity index (χ0) is 19.9. The first-order valence-corrected chi connectivity index (χ1v) is 9.26. The van der Waals surface area contributed by atoms with Crippen LogP contribution in [0.25, 0.3) is 0 Å². The second-order valence-electron chi connectivity index (χ2n) is 6.72. The zero-order valence-electron chi connectivity index (χ0n) is 15.8. The van der Waals surface area contributed by atoms with Crippen molar-refractivity contribution in [1.82, 2.24) is 10.6 Å². The molecule has 0 saturated carbocycles. The third-order valence-electron chi connectivity index (χ3n) is 4.81. The highest BCUT2D eigenvalue weighted by molar-refractivity contribution is 5.80. The Morgan fingerprint density at radius 1 is 1.29 bits per heavy atom. The van der Waals surface area contributed by atoms with Gasteiger partial charge in [-0.15, -0.1) is 0 Å². The van der Waals surface area contributed by atoms with Crippen LogP contribution in [0.15, 0.2) is 47.5 Å². The molecule has 1 heterocycles. The second kappa shape index (κ2) is 9.18. The Balaban J connectivity index is 1.61. The third-order valence-corrected chi connectivity index (χ3v) is 4.81. The van der Waals surface area contributed by atoms with E-state index in [4.69, 9.17) is 0 Å². The normalized spacial score (nSPS) is 17.1. The number of guanidine groups is 1. The smallest absolute Gasteiger partial charge is 0.191 e. The van der Waals surface area contributed by atoms with Gasteiger partial charge in [0.05, 0.1) is 11.3 Å². The van der Waals surface area contributed by atoms with Crippen molar-refractivity contribution in [2.75, 3.05) is 25.0 Å². The molecule has 1 aliphatic rings. The van der Waals surface area contributed by atoms with E-state index in [-0.39, 0.29) is 18.2 Å². The molecule has 0 bridgehead atoms. The number of hydrogen-bond acceptors (Lipinski definition) is 3. The Bertz CT molecular complexity index is 891. The first-order chi connectivity index (χ1) is 13.6. The van der Waals surface area contributed by atoms with Gasteiger partial charge in [0.25, 0.3) is 0 Å². The minimum absolute atomic E-state index is 0.129. The summed E-state index contributed by atoms with van der Waals surface area (Å²) in [6.07, 6.45) is 1.94. The number of hydrogen-bond donors (Lipinski definition) is 2. The molecular formula is C21H23F2N5. The lowest BCUT2D eigenvalue weighted by Crippen LogP contribution is -2.51. The lowest BCUT2D eigenvalue weighted by Gasteiger charge is -2.35. The van der Waals surface area contributed by atoms with Gasteiger partial charge in [0.1, 0.15) is 17.7 Å². The summed E-state index contributed by atoms with van der Waals surface area (Å²) in [7, 11) is 1.64. The van der Waals surface area contributed by atoms with E-state index in [0.717, 1.165) is 43.8 Å². The topological polar surface area (TPSA) is 63.5 Å². The van der Waals surface area contributed by atoms with Crippen molar-refractivity contribution in [3.8, 4) is 6.07 Å². The van der Waals surface area contributed by atoms with Gasteiger partial charge in [-0.05, 0) is 43.2 Å². The SMILES string of the molecule is CN=C(NCc1cc(F)ccc1F)NC1CCCN(c2ccccc2C#N)C1. The lowest BCUT2D eigenvalue weighted by molar-refractivity contribution is 0.467. The third kappa shape index (κ3) is 4.77. The van der Waals surface area contributed by atoms with E-state index in [1.54, 1.807) is 7.05 Å². The van der Waals surface area contributed by atoms with Gasteiger partial charge < -0.3 is 15.5 Å². The van der Waals surface area contributed by atoms with Crippen LogP contribution in [0.3, 0.4) is 0 Å². The van der Waals surface area contributed by atoms with Gasteiger partial charge in [0, 0.05) is 38.3 Å². The summed E-state index contributed by atoms with van der Waals surface area (Å²) < 4.78 is 27.1. The number of piperidine rings is 1. The zero-order valence-corrected chi connectivity index (χ0v) is 15.8. The number of rotatable bonds is 4. The average molecular weight is 383 g/mol. The fraction of sp³-hybridized carbons (Fsp3) is 0.333. The maximum absolute atomic E-state index is 13.8. The summed E-state index contributed by atoms with van der Waals surface area (Å²) in [5.74, 6) is -0.398. The summed E-state index contributed by atoms with van der Waals surface area (Å²) in [6, 6.07) is 13.3.